The lowest BCUT2D eigenvalue weighted by Crippen LogP contribution is -2.24. The third kappa shape index (κ3) is 5.34. The molecule has 0 aliphatic carbocycles. The van der Waals surface area contributed by atoms with E-state index in [1.54, 1.807) is 18.2 Å². The number of ether oxygens (including phenoxy) is 2. The molecular weight excluding hydrogens is 333 g/mol. The minimum atomic E-state index is -0.363. The third-order valence-electron chi connectivity index (χ3n) is 3.75. The number of rotatable bonds is 8. The molecule has 0 radical (unpaired) electrons. The van der Waals surface area contributed by atoms with Crippen LogP contribution in [0.1, 0.15) is 37.9 Å². The van der Waals surface area contributed by atoms with E-state index in [-0.39, 0.29) is 17.8 Å². The molecular formula is C21H24FNO3. The number of halogens is 1. The topological polar surface area (TPSA) is 47.6 Å². The summed E-state index contributed by atoms with van der Waals surface area (Å²) in [6, 6.07) is 11.6. The summed E-state index contributed by atoms with van der Waals surface area (Å²) >= 11 is 0. The molecule has 5 heteroatoms. The van der Waals surface area contributed by atoms with Gasteiger partial charge in [0.2, 0.25) is 5.91 Å². The molecule has 1 amide bonds. The van der Waals surface area contributed by atoms with Crippen molar-refractivity contribution in [2.24, 2.45) is 0 Å². The minimum Gasteiger partial charge on any atom is -0.490 e. The van der Waals surface area contributed by atoms with E-state index in [0.717, 1.165) is 5.56 Å². The van der Waals surface area contributed by atoms with E-state index in [2.05, 4.69) is 5.32 Å². The molecule has 1 N–H and O–H groups in total. The first-order valence-corrected chi connectivity index (χ1v) is 8.67. The maximum absolute atomic E-state index is 13.6. The van der Waals surface area contributed by atoms with Crippen molar-refractivity contribution in [3.05, 3.63) is 65.5 Å². The van der Waals surface area contributed by atoms with Gasteiger partial charge < -0.3 is 14.8 Å². The Balaban J connectivity index is 2.06. The van der Waals surface area contributed by atoms with Crippen LogP contribution in [0.2, 0.25) is 0 Å². The van der Waals surface area contributed by atoms with Crippen LogP contribution in [0.25, 0.3) is 6.08 Å². The van der Waals surface area contributed by atoms with Gasteiger partial charge in [0.25, 0.3) is 0 Å². The Morgan fingerprint density at radius 3 is 2.50 bits per heavy atom. The van der Waals surface area contributed by atoms with Crippen LogP contribution < -0.4 is 14.8 Å². The van der Waals surface area contributed by atoms with Crippen LogP contribution in [0.5, 0.6) is 11.5 Å². The van der Waals surface area contributed by atoms with Crippen molar-refractivity contribution in [1.29, 1.82) is 0 Å². The number of hydrogen-bond acceptors (Lipinski definition) is 3. The van der Waals surface area contributed by atoms with Crippen LogP contribution in [0, 0.1) is 5.82 Å². The standard InChI is InChI=1S/C21H24FNO3/c1-4-25-19-12-10-17(14-20(19)26-5-2)15(3)23-21(24)13-11-16-8-6-7-9-18(16)22/h6-15H,4-5H2,1-3H3,(H,23,24)/b13-11+/t15-/m0/s1. The molecule has 2 aromatic rings. The SMILES string of the molecule is CCOc1ccc([C@H](C)NC(=O)/C=C/c2ccccc2F)cc1OCC. The van der Waals surface area contributed by atoms with Crippen molar-refractivity contribution >= 4 is 12.0 Å². The second-order valence-electron chi connectivity index (χ2n) is 5.66. The maximum atomic E-state index is 13.6. The number of nitrogens with one attached hydrogen (secondary N) is 1. The summed E-state index contributed by atoms with van der Waals surface area (Å²) in [7, 11) is 0. The first-order chi connectivity index (χ1) is 12.5. The van der Waals surface area contributed by atoms with Crippen molar-refractivity contribution < 1.29 is 18.7 Å². The molecule has 1 atom stereocenters. The highest BCUT2D eigenvalue weighted by molar-refractivity contribution is 5.92. The van der Waals surface area contributed by atoms with Crippen molar-refractivity contribution in [2.45, 2.75) is 26.8 Å². The van der Waals surface area contributed by atoms with Crippen LogP contribution in [0.4, 0.5) is 4.39 Å². The van der Waals surface area contributed by atoms with E-state index in [1.807, 2.05) is 39.0 Å². The molecule has 0 aliphatic heterocycles. The van der Waals surface area contributed by atoms with E-state index < -0.39 is 0 Å². The summed E-state index contributed by atoms with van der Waals surface area (Å²) in [5.41, 5.74) is 1.26. The van der Waals surface area contributed by atoms with Gasteiger partial charge in [-0.3, -0.25) is 4.79 Å². The summed E-state index contributed by atoms with van der Waals surface area (Å²) in [5, 5.41) is 2.86. The molecule has 0 aliphatic rings. The number of benzene rings is 2. The van der Waals surface area contributed by atoms with E-state index in [1.165, 1.54) is 18.2 Å². The molecule has 0 spiro atoms. The summed E-state index contributed by atoms with van der Waals surface area (Å²) in [5.74, 6) is 0.663. The minimum absolute atomic E-state index is 0.234. The van der Waals surface area contributed by atoms with Gasteiger partial charge in [0.15, 0.2) is 11.5 Å². The molecule has 0 bridgehead atoms. The summed E-state index contributed by atoms with van der Waals surface area (Å²) in [4.78, 5) is 12.1. The van der Waals surface area contributed by atoms with Gasteiger partial charge in [0, 0.05) is 11.6 Å². The molecule has 0 fully saturated rings. The van der Waals surface area contributed by atoms with Gasteiger partial charge in [-0.25, -0.2) is 4.39 Å². The third-order valence-corrected chi connectivity index (χ3v) is 3.75. The van der Waals surface area contributed by atoms with E-state index >= 15 is 0 Å². The Bertz CT molecular complexity index is 774. The maximum Gasteiger partial charge on any atom is 0.244 e. The molecule has 0 unspecified atom stereocenters. The van der Waals surface area contributed by atoms with Gasteiger partial charge in [0.05, 0.1) is 19.3 Å². The van der Waals surface area contributed by atoms with Crippen molar-refractivity contribution in [1.82, 2.24) is 5.32 Å². The van der Waals surface area contributed by atoms with Gasteiger partial charge in [-0.15, -0.1) is 0 Å². The highest BCUT2D eigenvalue weighted by Crippen LogP contribution is 2.30. The fourth-order valence-corrected chi connectivity index (χ4v) is 2.46. The largest absolute Gasteiger partial charge is 0.490 e. The normalized spacial score (nSPS) is 12.0. The van der Waals surface area contributed by atoms with Gasteiger partial charge in [0.1, 0.15) is 5.82 Å². The van der Waals surface area contributed by atoms with Gasteiger partial charge >= 0.3 is 0 Å². The van der Waals surface area contributed by atoms with E-state index in [0.29, 0.717) is 30.3 Å². The zero-order valence-corrected chi connectivity index (χ0v) is 15.3. The van der Waals surface area contributed by atoms with Crippen molar-refractivity contribution in [3.8, 4) is 11.5 Å². The number of carbonyl (C=O) groups is 1. The van der Waals surface area contributed by atoms with Gasteiger partial charge in [-0.2, -0.15) is 0 Å². The lowest BCUT2D eigenvalue weighted by atomic mass is 10.1. The quantitative estimate of drug-likeness (QED) is 0.707. The predicted octanol–water partition coefficient (Wildman–Crippen LogP) is 4.51. The molecule has 2 aromatic carbocycles. The average molecular weight is 357 g/mol. The Morgan fingerprint density at radius 1 is 1.12 bits per heavy atom. The second kappa shape index (κ2) is 9.61. The summed E-state index contributed by atoms with van der Waals surface area (Å²) < 4.78 is 24.7. The highest BCUT2D eigenvalue weighted by Gasteiger charge is 2.12. The first kappa shape index (κ1) is 19.5. The molecule has 2 rings (SSSR count). The fraction of sp³-hybridized carbons (Fsp3) is 0.286. The Kier molecular flexibility index (Phi) is 7.21. The molecule has 0 heterocycles. The molecule has 4 nitrogen and oxygen atoms in total. The van der Waals surface area contributed by atoms with Crippen LogP contribution in [0.3, 0.4) is 0 Å². The molecule has 0 saturated heterocycles. The van der Waals surface area contributed by atoms with E-state index in [9.17, 15) is 9.18 Å². The smallest absolute Gasteiger partial charge is 0.244 e. The average Bonchev–Trinajstić information content (AvgIpc) is 2.63. The molecule has 0 saturated carbocycles. The fourth-order valence-electron chi connectivity index (χ4n) is 2.46. The number of carbonyl (C=O) groups excluding carboxylic acids is 1. The van der Waals surface area contributed by atoms with Crippen LogP contribution in [-0.4, -0.2) is 19.1 Å². The highest BCUT2D eigenvalue weighted by atomic mass is 19.1. The lowest BCUT2D eigenvalue weighted by molar-refractivity contribution is -0.117. The number of amides is 1. The number of hydrogen-bond donors (Lipinski definition) is 1. The predicted molar refractivity (Wildman–Crippen MR) is 101 cm³/mol. The molecule has 138 valence electrons. The zero-order chi connectivity index (χ0) is 18.9. The second-order valence-corrected chi connectivity index (χ2v) is 5.66. The summed E-state index contributed by atoms with van der Waals surface area (Å²) in [6.45, 7) is 6.76. The Labute approximate surface area is 153 Å². The van der Waals surface area contributed by atoms with Gasteiger partial charge in [-0.1, -0.05) is 24.3 Å². The molecule has 0 aromatic heterocycles. The zero-order valence-electron chi connectivity index (χ0n) is 15.3. The Hall–Kier alpha value is -2.82. The van der Waals surface area contributed by atoms with Crippen molar-refractivity contribution in [2.75, 3.05) is 13.2 Å². The molecule has 26 heavy (non-hydrogen) atoms. The monoisotopic (exact) mass is 357 g/mol. The van der Waals surface area contributed by atoms with Crippen molar-refractivity contribution in [3.63, 3.8) is 0 Å². The Morgan fingerprint density at radius 2 is 1.81 bits per heavy atom. The van der Waals surface area contributed by atoms with Crippen LogP contribution in [-0.2, 0) is 4.79 Å². The first-order valence-electron chi connectivity index (χ1n) is 8.67. The van der Waals surface area contributed by atoms with Gasteiger partial charge in [-0.05, 0) is 50.6 Å². The van der Waals surface area contributed by atoms with E-state index in [4.69, 9.17) is 9.47 Å². The lowest BCUT2D eigenvalue weighted by Gasteiger charge is -2.17. The van der Waals surface area contributed by atoms with Crippen LogP contribution >= 0.6 is 0 Å². The van der Waals surface area contributed by atoms with Crippen LogP contribution in [0.15, 0.2) is 48.5 Å². The summed E-state index contributed by atoms with van der Waals surface area (Å²) in [6.07, 6.45) is 2.79.